The molecule has 26 heavy (non-hydrogen) atoms. The second-order valence-corrected chi connectivity index (χ2v) is 7.35. The van der Waals surface area contributed by atoms with E-state index in [2.05, 4.69) is 52.6 Å². The van der Waals surface area contributed by atoms with Crippen molar-refractivity contribution in [3.63, 3.8) is 0 Å². The quantitative estimate of drug-likeness (QED) is 0.507. The largest absolute Gasteiger partial charge is 0.308 e. The highest BCUT2D eigenvalue weighted by atomic mass is 32.2. The first-order valence-corrected chi connectivity index (χ1v) is 9.46. The average molecular weight is 364 g/mol. The minimum Gasteiger partial charge on any atom is -0.308 e. The van der Waals surface area contributed by atoms with Crippen molar-refractivity contribution in [3.05, 3.63) is 65.0 Å². The highest BCUT2D eigenvalue weighted by molar-refractivity contribution is 7.98. The Hall–Kier alpha value is -2.67. The minimum atomic E-state index is 0.550. The molecule has 0 radical (unpaired) electrons. The molecule has 0 fully saturated rings. The molecule has 0 unspecified atom stereocenters. The fraction of sp³-hybridized carbons (Fsp3) is 0.263. The van der Waals surface area contributed by atoms with Gasteiger partial charge in [0.2, 0.25) is 0 Å². The molecule has 2 aromatic heterocycles. The normalized spacial score (nSPS) is 11.3. The van der Waals surface area contributed by atoms with Crippen LogP contribution < -0.4 is 0 Å². The molecule has 4 aromatic rings. The zero-order valence-electron chi connectivity index (χ0n) is 15.0. The van der Waals surface area contributed by atoms with Gasteiger partial charge in [0.25, 0.3) is 0 Å². The molecule has 0 aliphatic carbocycles. The highest BCUT2D eigenvalue weighted by Gasteiger charge is 2.13. The molecule has 2 heterocycles. The molecular weight excluding hydrogens is 344 g/mol. The van der Waals surface area contributed by atoms with E-state index in [0.29, 0.717) is 6.54 Å². The van der Waals surface area contributed by atoms with Crippen molar-refractivity contribution in [2.75, 3.05) is 0 Å². The number of rotatable bonds is 5. The monoisotopic (exact) mass is 364 g/mol. The number of aryl methyl sites for hydroxylation is 2. The van der Waals surface area contributed by atoms with E-state index in [1.165, 1.54) is 16.7 Å². The number of nitrogens with zero attached hydrogens (tertiary/aromatic N) is 6. The van der Waals surface area contributed by atoms with Crippen molar-refractivity contribution in [2.24, 2.45) is 7.05 Å². The van der Waals surface area contributed by atoms with Crippen LogP contribution in [0.2, 0.25) is 0 Å². The number of thioether (sulfide) groups is 1. The van der Waals surface area contributed by atoms with Crippen LogP contribution >= 0.6 is 11.8 Å². The summed E-state index contributed by atoms with van der Waals surface area (Å²) < 4.78 is 3.89. The first-order valence-electron chi connectivity index (χ1n) is 8.47. The third-order valence-corrected chi connectivity index (χ3v) is 5.57. The predicted molar refractivity (Wildman–Crippen MR) is 103 cm³/mol. The predicted octanol–water partition coefficient (Wildman–Crippen LogP) is 3.52. The van der Waals surface area contributed by atoms with Crippen LogP contribution in [-0.4, -0.2) is 29.8 Å². The standard InChI is InChI=1S/C19H20N6S/c1-13-8-9-14(2)15(10-13)12-26-19-22-21-18(24(19)3)11-25-17-7-5-4-6-16(17)20-23-25/h4-10H,11-12H2,1-3H3. The fourth-order valence-corrected chi connectivity index (χ4v) is 3.87. The number of aromatic nitrogens is 6. The van der Waals surface area contributed by atoms with Gasteiger partial charge in [-0.25, -0.2) is 4.68 Å². The Labute approximate surface area is 156 Å². The van der Waals surface area contributed by atoms with Gasteiger partial charge in [-0.05, 0) is 37.1 Å². The Bertz CT molecular complexity index is 1070. The van der Waals surface area contributed by atoms with Gasteiger partial charge in [0.05, 0.1) is 5.52 Å². The number of hydrogen-bond acceptors (Lipinski definition) is 5. The van der Waals surface area contributed by atoms with Crippen LogP contribution in [0.1, 0.15) is 22.5 Å². The zero-order chi connectivity index (χ0) is 18.1. The summed E-state index contributed by atoms with van der Waals surface area (Å²) in [7, 11) is 2.00. The van der Waals surface area contributed by atoms with Crippen molar-refractivity contribution in [3.8, 4) is 0 Å². The van der Waals surface area contributed by atoms with Gasteiger partial charge in [0, 0.05) is 12.8 Å². The van der Waals surface area contributed by atoms with Crippen LogP contribution in [0, 0.1) is 13.8 Å². The summed E-state index contributed by atoms with van der Waals surface area (Å²) in [6.45, 7) is 4.82. The molecular formula is C19H20N6S. The van der Waals surface area contributed by atoms with Crippen molar-refractivity contribution >= 4 is 22.8 Å². The van der Waals surface area contributed by atoms with E-state index < -0.39 is 0 Å². The number of benzene rings is 2. The summed E-state index contributed by atoms with van der Waals surface area (Å²) in [5.74, 6) is 1.75. The molecule has 7 heteroatoms. The Balaban J connectivity index is 1.52. The molecule has 0 aliphatic rings. The van der Waals surface area contributed by atoms with Crippen LogP contribution in [0.4, 0.5) is 0 Å². The Morgan fingerprint density at radius 1 is 1.00 bits per heavy atom. The Kier molecular flexibility index (Phi) is 4.46. The van der Waals surface area contributed by atoms with Crippen molar-refractivity contribution in [1.29, 1.82) is 0 Å². The first kappa shape index (κ1) is 16.8. The molecule has 0 spiro atoms. The maximum Gasteiger partial charge on any atom is 0.191 e. The molecule has 0 aliphatic heterocycles. The molecule has 0 bridgehead atoms. The van der Waals surface area contributed by atoms with E-state index in [1.807, 2.05) is 40.6 Å². The Morgan fingerprint density at radius 3 is 2.73 bits per heavy atom. The van der Waals surface area contributed by atoms with Gasteiger partial charge in [0.1, 0.15) is 12.1 Å². The Morgan fingerprint density at radius 2 is 1.85 bits per heavy atom. The summed E-state index contributed by atoms with van der Waals surface area (Å²) in [5.41, 5.74) is 5.81. The van der Waals surface area contributed by atoms with Gasteiger partial charge < -0.3 is 4.57 Å². The van der Waals surface area contributed by atoms with Gasteiger partial charge in [0.15, 0.2) is 11.0 Å². The molecule has 0 amide bonds. The fourth-order valence-electron chi connectivity index (χ4n) is 2.87. The van der Waals surface area contributed by atoms with Gasteiger partial charge in [-0.15, -0.1) is 15.3 Å². The smallest absolute Gasteiger partial charge is 0.191 e. The van der Waals surface area contributed by atoms with Crippen LogP contribution in [-0.2, 0) is 19.3 Å². The molecule has 2 aromatic carbocycles. The SMILES string of the molecule is Cc1ccc(C)c(CSc2nnc(Cn3nnc4ccccc43)n2C)c1. The molecule has 4 rings (SSSR count). The van der Waals surface area contributed by atoms with Crippen LogP contribution in [0.5, 0.6) is 0 Å². The van der Waals surface area contributed by atoms with Crippen molar-refractivity contribution in [1.82, 2.24) is 29.8 Å². The van der Waals surface area contributed by atoms with Crippen LogP contribution in [0.3, 0.4) is 0 Å². The first-order chi connectivity index (χ1) is 12.6. The molecule has 0 saturated heterocycles. The molecule has 0 saturated carbocycles. The van der Waals surface area contributed by atoms with Crippen molar-refractivity contribution < 1.29 is 0 Å². The molecule has 0 N–H and O–H groups in total. The summed E-state index contributed by atoms with van der Waals surface area (Å²) in [5, 5.41) is 18.0. The lowest BCUT2D eigenvalue weighted by Crippen LogP contribution is -2.08. The third-order valence-electron chi connectivity index (χ3n) is 4.50. The second kappa shape index (κ2) is 6.92. The van der Waals surface area contributed by atoms with Gasteiger partial charge in [-0.2, -0.15) is 0 Å². The van der Waals surface area contributed by atoms with E-state index in [9.17, 15) is 0 Å². The second-order valence-electron chi connectivity index (χ2n) is 6.41. The van der Waals surface area contributed by atoms with Crippen molar-refractivity contribution in [2.45, 2.75) is 31.3 Å². The van der Waals surface area contributed by atoms with E-state index in [4.69, 9.17) is 0 Å². The van der Waals surface area contributed by atoms with Crippen LogP contribution in [0.25, 0.3) is 11.0 Å². The minimum absolute atomic E-state index is 0.550. The summed E-state index contributed by atoms with van der Waals surface area (Å²) in [6, 6.07) is 14.5. The van der Waals surface area contributed by atoms with Gasteiger partial charge in [-0.3, -0.25) is 0 Å². The maximum atomic E-state index is 4.36. The molecule has 6 nitrogen and oxygen atoms in total. The van der Waals surface area contributed by atoms with E-state index >= 15 is 0 Å². The van der Waals surface area contributed by atoms with Gasteiger partial charge in [-0.1, -0.05) is 52.9 Å². The summed E-state index contributed by atoms with van der Waals surface area (Å²) in [4.78, 5) is 0. The van der Waals surface area contributed by atoms with Gasteiger partial charge >= 0.3 is 0 Å². The van der Waals surface area contributed by atoms with Crippen LogP contribution in [0.15, 0.2) is 47.6 Å². The number of para-hydroxylation sites is 1. The van der Waals surface area contributed by atoms with E-state index in [0.717, 1.165) is 27.8 Å². The highest BCUT2D eigenvalue weighted by Crippen LogP contribution is 2.24. The number of fused-ring (bicyclic) bond motifs is 1. The third kappa shape index (κ3) is 3.22. The summed E-state index contributed by atoms with van der Waals surface area (Å²) in [6.07, 6.45) is 0. The molecule has 0 atom stereocenters. The zero-order valence-corrected chi connectivity index (χ0v) is 15.9. The summed E-state index contributed by atoms with van der Waals surface area (Å²) >= 11 is 1.70. The lowest BCUT2D eigenvalue weighted by Gasteiger charge is -2.07. The number of hydrogen-bond donors (Lipinski definition) is 0. The van der Waals surface area contributed by atoms with E-state index in [1.54, 1.807) is 11.8 Å². The maximum absolute atomic E-state index is 4.36. The molecule has 132 valence electrons. The topological polar surface area (TPSA) is 61.4 Å². The lowest BCUT2D eigenvalue weighted by atomic mass is 10.1. The average Bonchev–Trinajstić information content (AvgIpc) is 3.21. The van der Waals surface area contributed by atoms with E-state index in [-0.39, 0.29) is 0 Å². The lowest BCUT2D eigenvalue weighted by molar-refractivity contribution is 0.613.